The molecule has 0 atom stereocenters. The zero-order chi connectivity index (χ0) is 17.3. The van der Waals surface area contributed by atoms with Crippen LogP contribution in [0.25, 0.3) is 0 Å². The monoisotopic (exact) mass is 328 g/mol. The van der Waals surface area contributed by atoms with Crippen LogP contribution < -0.4 is 0 Å². The molecule has 0 aromatic heterocycles. The molecule has 0 heterocycles. The van der Waals surface area contributed by atoms with Gasteiger partial charge in [0, 0.05) is 6.42 Å². The van der Waals surface area contributed by atoms with Crippen LogP contribution in [-0.4, -0.2) is 23.3 Å². The van der Waals surface area contributed by atoms with E-state index in [0.717, 1.165) is 19.3 Å². The second-order valence-corrected chi connectivity index (χ2v) is 6.28. The SMILES string of the molecule is CCCCCCCCCCCCCCCC(O)=C(O)C(=O)OC. The highest BCUT2D eigenvalue weighted by Gasteiger charge is 2.13. The van der Waals surface area contributed by atoms with Gasteiger partial charge in [0.2, 0.25) is 5.76 Å². The Hall–Kier alpha value is -1.19. The molecule has 0 saturated carbocycles. The van der Waals surface area contributed by atoms with Gasteiger partial charge >= 0.3 is 5.97 Å². The molecule has 0 aromatic carbocycles. The van der Waals surface area contributed by atoms with Crippen molar-refractivity contribution in [2.45, 2.75) is 96.8 Å². The van der Waals surface area contributed by atoms with Crippen molar-refractivity contribution >= 4 is 5.97 Å². The minimum atomic E-state index is -0.878. The fraction of sp³-hybridized carbons (Fsp3) is 0.842. The standard InChI is InChI=1S/C19H36O4/c1-3-4-5-6-7-8-9-10-11-12-13-14-15-16-17(20)18(21)19(22)23-2/h20-21H,3-16H2,1-2H3. The molecule has 4 heteroatoms. The third-order valence-electron chi connectivity index (χ3n) is 4.17. The Bertz CT molecular complexity index is 323. The molecule has 0 bridgehead atoms. The van der Waals surface area contributed by atoms with Gasteiger partial charge in [0.15, 0.2) is 0 Å². The van der Waals surface area contributed by atoms with Gasteiger partial charge in [-0.3, -0.25) is 0 Å². The molecular weight excluding hydrogens is 292 g/mol. The van der Waals surface area contributed by atoms with Crippen LogP contribution >= 0.6 is 0 Å². The second kappa shape index (κ2) is 15.7. The van der Waals surface area contributed by atoms with E-state index in [4.69, 9.17) is 0 Å². The highest BCUT2D eigenvalue weighted by molar-refractivity contribution is 5.86. The van der Waals surface area contributed by atoms with E-state index in [0.29, 0.717) is 6.42 Å². The Morgan fingerprint density at radius 1 is 0.739 bits per heavy atom. The van der Waals surface area contributed by atoms with E-state index < -0.39 is 11.7 Å². The number of hydrogen-bond donors (Lipinski definition) is 2. The summed E-state index contributed by atoms with van der Waals surface area (Å²) in [6.45, 7) is 2.25. The molecule has 0 spiro atoms. The Labute approximate surface area is 141 Å². The summed E-state index contributed by atoms with van der Waals surface area (Å²) in [7, 11) is 1.18. The number of unbranched alkanes of at least 4 members (excludes halogenated alkanes) is 12. The molecule has 0 fully saturated rings. The average molecular weight is 328 g/mol. The van der Waals surface area contributed by atoms with E-state index in [9.17, 15) is 15.0 Å². The fourth-order valence-electron chi connectivity index (χ4n) is 2.64. The van der Waals surface area contributed by atoms with Crippen molar-refractivity contribution in [3.8, 4) is 0 Å². The van der Waals surface area contributed by atoms with Crippen molar-refractivity contribution in [2.75, 3.05) is 7.11 Å². The van der Waals surface area contributed by atoms with E-state index in [-0.39, 0.29) is 5.76 Å². The van der Waals surface area contributed by atoms with Crippen LogP contribution in [0.15, 0.2) is 11.5 Å². The van der Waals surface area contributed by atoms with E-state index in [1.54, 1.807) is 0 Å². The Morgan fingerprint density at radius 3 is 1.52 bits per heavy atom. The lowest BCUT2D eigenvalue weighted by Crippen LogP contribution is -2.07. The first kappa shape index (κ1) is 21.8. The molecule has 0 aliphatic rings. The van der Waals surface area contributed by atoms with Crippen LogP contribution in [0.3, 0.4) is 0 Å². The normalized spacial score (nSPS) is 12.1. The topological polar surface area (TPSA) is 66.8 Å². The quantitative estimate of drug-likeness (QED) is 0.168. The third-order valence-corrected chi connectivity index (χ3v) is 4.17. The van der Waals surface area contributed by atoms with Crippen molar-refractivity contribution in [1.29, 1.82) is 0 Å². The summed E-state index contributed by atoms with van der Waals surface area (Å²) in [6.07, 6.45) is 16.7. The lowest BCUT2D eigenvalue weighted by Gasteiger charge is -2.04. The molecule has 0 saturated heterocycles. The maximum absolute atomic E-state index is 11.0. The summed E-state index contributed by atoms with van der Waals surface area (Å²) in [5.41, 5.74) is 0. The molecule has 136 valence electrons. The molecule has 0 aromatic rings. The van der Waals surface area contributed by atoms with Gasteiger partial charge in [0.25, 0.3) is 0 Å². The number of aliphatic hydroxyl groups excluding tert-OH is 2. The second-order valence-electron chi connectivity index (χ2n) is 6.28. The number of allylic oxidation sites excluding steroid dienone is 1. The zero-order valence-corrected chi connectivity index (χ0v) is 15.1. The number of rotatable bonds is 15. The lowest BCUT2D eigenvalue weighted by atomic mass is 10.0. The first-order chi connectivity index (χ1) is 11.1. The van der Waals surface area contributed by atoms with Crippen LogP contribution in [-0.2, 0) is 9.53 Å². The predicted octanol–water partition coefficient (Wildman–Crippen LogP) is 5.97. The van der Waals surface area contributed by atoms with Crippen molar-refractivity contribution in [3.63, 3.8) is 0 Å². The summed E-state index contributed by atoms with van der Waals surface area (Å²) in [4.78, 5) is 11.0. The predicted molar refractivity (Wildman–Crippen MR) is 94.6 cm³/mol. The number of hydrogen-bond acceptors (Lipinski definition) is 4. The van der Waals surface area contributed by atoms with Gasteiger partial charge in [-0.2, -0.15) is 0 Å². The first-order valence-electron chi connectivity index (χ1n) is 9.32. The molecule has 4 nitrogen and oxygen atoms in total. The van der Waals surface area contributed by atoms with Crippen LogP contribution in [0.5, 0.6) is 0 Å². The smallest absolute Gasteiger partial charge is 0.376 e. The molecule has 0 amide bonds. The van der Waals surface area contributed by atoms with Crippen LogP contribution in [0.2, 0.25) is 0 Å². The van der Waals surface area contributed by atoms with Crippen LogP contribution in [0.4, 0.5) is 0 Å². The zero-order valence-electron chi connectivity index (χ0n) is 15.1. The Morgan fingerprint density at radius 2 is 1.13 bits per heavy atom. The molecule has 0 unspecified atom stereocenters. The summed E-state index contributed by atoms with van der Waals surface area (Å²) in [5.74, 6) is -1.80. The fourth-order valence-corrected chi connectivity index (χ4v) is 2.64. The van der Waals surface area contributed by atoms with Crippen molar-refractivity contribution in [2.24, 2.45) is 0 Å². The van der Waals surface area contributed by atoms with Gasteiger partial charge < -0.3 is 14.9 Å². The molecule has 0 rings (SSSR count). The lowest BCUT2D eigenvalue weighted by molar-refractivity contribution is -0.139. The molecule has 2 N–H and O–H groups in total. The van der Waals surface area contributed by atoms with Crippen molar-refractivity contribution < 1.29 is 19.7 Å². The number of aliphatic hydroxyl groups is 2. The highest BCUT2D eigenvalue weighted by Crippen LogP contribution is 2.15. The largest absolute Gasteiger partial charge is 0.508 e. The first-order valence-corrected chi connectivity index (χ1v) is 9.32. The van der Waals surface area contributed by atoms with Crippen molar-refractivity contribution in [1.82, 2.24) is 0 Å². The van der Waals surface area contributed by atoms with Crippen LogP contribution in [0, 0.1) is 0 Å². The molecule has 0 aliphatic heterocycles. The van der Waals surface area contributed by atoms with E-state index in [1.165, 1.54) is 71.3 Å². The number of carbonyl (C=O) groups excluding carboxylic acids is 1. The van der Waals surface area contributed by atoms with Gasteiger partial charge in [-0.1, -0.05) is 84.0 Å². The maximum Gasteiger partial charge on any atom is 0.376 e. The highest BCUT2D eigenvalue weighted by atomic mass is 16.5. The number of ether oxygens (including phenoxy) is 1. The van der Waals surface area contributed by atoms with Gasteiger partial charge in [0.05, 0.1) is 7.11 Å². The van der Waals surface area contributed by atoms with E-state index >= 15 is 0 Å². The summed E-state index contributed by atoms with van der Waals surface area (Å²) in [6, 6.07) is 0. The minimum Gasteiger partial charge on any atom is -0.508 e. The molecule has 0 aliphatic carbocycles. The molecule has 23 heavy (non-hydrogen) atoms. The van der Waals surface area contributed by atoms with Gasteiger partial charge in [-0.05, 0) is 6.42 Å². The third kappa shape index (κ3) is 13.0. The minimum absolute atomic E-state index is 0.264. The van der Waals surface area contributed by atoms with Crippen molar-refractivity contribution in [3.05, 3.63) is 11.5 Å². The summed E-state index contributed by atoms with van der Waals surface area (Å²) >= 11 is 0. The Balaban J connectivity index is 3.35. The number of carbonyl (C=O) groups is 1. The maximum atomic E-state index is 11.0. The Kier molecular flexibility index (Phi) is 14.9. The van der Waals surface area contributed by atoms with E-state index in [2.05, 4.69) is 11.7 Å². The van der Waals surface area contributed by atoms with E-state index in [1.807, 2.05) is 0 Å². The van der Waals surface area contributed by atoms with Crippen LogP contribution in [0.1, 0.15) is 96.8 Å². The molecular formula is C19H36O4. The number of methoxy groups -OCH3 is 1. The molecule has 0 radical (unpaired) electrons. The summed E-state index contributed by atoms with van der Waals surface area (Å²) < 4.78 is 4.35. The average Bonchev–Trinajstić information content (AvgIpc) is 2.57. The van der Waals surface area contributed by atoms with Gasteiger partial charge in [-0.25, -0.2) is 4.79 Å². The van der Waals surface area contributed by atoms with Gasteiger partial charge in [-0.15, -0.1) is 0 Å². The number of esters is 1. The summed E-state index contributed by atoms with van der Waals surface area (Å²) in [5, 5.41) is 18.9. The van der Waals surface area contributed by atoms with Gasteiger partial charge in [0.1, 0.15) is 5.76 Å².